The van der Waals surface area contributed by atoms with Crippen LogP contribution in [0.25, 0.3) is 0 Å². The van der Waals surface area contributed by atoms with Gasteiger partial charge in [0.15, 0.2) is 0 Å². The second-order valence-electron chi connectivity index (χ2n) is 4.47. The molecule has 17 heavy (non-hydrogen) atoms. The fourth-order valence-corrected chi connectivity index (χ4v) is 2.99. The summed E-state index contributed by atoms with van der Waals surface area (Å²) < 4.78 is 0. The third-order valence-corrected chi connectivity index (χ3v) is 4.07. The Morgan fingerprint density at radius 1 is 1.47 bits per heavy atom. The average molecular weight is 259 g/mol. The predicted octanol–water partition coefficient (Wildman–Crippen LogP) is 0.526. The maximum absolute atomic E-state index is 11.8. The molecule has 100 valence electrons. The number of amides is 1. The molecule has 0 spiro atoms. The van der Waals surface area contributed by atoms with Gasteiger partial charge in [-0.3, -0.25) is 9.69 Å². The second-order valence-corrected chi connectivity index (χ2v) is 5.69. The topological polar surface area (TPSA) is 58.4 Å². The summed E-state index contributed by atoms with van der Waals surface area (Å²) in [4.78, 5) is 14.2. The Labute approximate surface area is 109 Å². The number of nitrogens with one attached hydrogen (secondary N) is 1. The molecule has 0 saturated carbocycles. The van der Waals surface area contributed by atoms with E-state index < -0.39 is 0 Å². The van der Waals surface area contributed by atoms with Gasteiger partial charge in [0, 0.05) is 44.2 Å². The summed E-state index contributed by atoms with van der Waals surface area (Å²) in [5, 5.41) is 3.00. The fraction of sp³-hybridized carbons (Fsp3) is 0.917. The first kappa shape index (κ1) is 14.8. The first-order valence-corrected chi connectivity index (χ1v) is 7.71. The third-order valence-electron chi connectivity index (χ3n) is 3.12. The molecule has 1 fully saturated rings. The van der Waals surface area contributed by atoms with Crippen molar-refractivity contribution in [3.8, 4) is 0 Å². The first-order valence-electron chi connectivity index (χ1n) is 6.55. The number of hydrogen-bond donors (Lipinski definition) is 2. The smallest absolute Gasteiger partial charge is 0.224 e. The predicted molar refractivity (Wildman–Crippen MR) is 74.2 cm³/mol. The molecule has 0 radical (unpaired) electrons. The van der Waals surface area contributed by atoms with Crippen LogP contribution in [-0.4, -0.2) is 55.0 Å². The third kappa shape index (κ3) is 5.75. The minimum absolute atomic E-state index is 0.00286. The maximum atomic E-state index is 11.8. The van der Waals surface area contributed by atoms with Gasteiger partial charge in [-0.1, -0.05) is 13.3 Å². The average Bonchev–Trinajstić information content (AvgIpc) is 2.37. The van der Waals surface area contributed by atoms with Gasteiger partial charge in [0.25, 0.3) is 0 Å². The Balaban J connectivity index is 2.13. The van der Waals surface area contributed by atoms with Gasteiger partial charge in [0.2, 0.25) is 5.91 Å². The Kier molecular flexibility index (Phi) is 7.64. The van der Waals surface area contributed by atoms with Crippen LogP contribution in [0.2, 0.25) is 0 Å². The first-order chi connectivity index (χ1) is 8.27. The molecule has 1 aliphatic heterocycles. The largest absolute Gasteiger partial charge is 0.355 e. The molecule has 1 atom stereocenters. The lowest BCUT2D eigenvalue weighted by molar-refractivity contribution is -0.124. The summed E-state index contributed by atoms with van der Waals surface area (Å²) in [6, 6.07) is 0. The van der Waals surface area contributed by atoms with Crippen LogP contribution < -0.4 is 11.1 Å². The van der Waals surface area contributed by atoms with Crippen molar-refractivity contribution in [2.75, 3.05) is 44.2 Å². The standard InChI is InChI=1S/C12H25N3OS/c1-2-3-11(10-13)12(16)14-4-5-15-6-8-17-9-7-15/h11H,2-10,13H2,1H3,(H,14,16). The van der Waals surface area contributed by atoms with E-state index in [9.17, 15) is 4.79 Å². The van der Waals surface area contributed by atoms with Crippen molar-refractivity contribution in [2.24, 2.45) is 11.7 Å². The van der Waals surface area contributed by atoms with Crippen molar-refractivity contribution in [3.63, 3.8) is 0 Å². The fourth-order valence-electron chi connectivity index (χ4n) is 2.01. The number of carbonyl (C=O) groups excluding carboxylic acids is 1. The molecule has 1 heterocycles. The van der Waals surface area contributed by atoms with E-state index >= 15 is 0 Å². The highest BCUT2D eigenvalue weighted by Gasteiger charge is 2.15. The number of hydrogen-bond acceptors (Lipinski definition) is 4. The Morgan fingerprint density at radius 2 is 2.18 bits per heavy atom. The molecule has 0 aromatic heterocycles. The minimum atomic E-state index is -0.00286. The number of rotatable bonds is 7. The van der Waals surface area contributed by atoms with E-state index in [4.69, 9.17) is 5.73 Å². The van der Waals surface area contributed by atoms with E-state index in [0.717, 1.165) is 39.0 Å². The van der Waals surface area contributed by atoms with Crippen molar-refractivity contribution in [1.29, 1.82) is 0 Å². The molecule has 1 rings (SSSR count). The van der Waals surface area contributed by atoms with Crippen LogP contribution in [0.5, 0.6) is 0 Å². The van der Waals surface area contributed by atoms with Crippen LogP contribution in [0.3, 0.4) is 0 Å². The molecule has 1 unspecified atom stereocenters. The zero-order valence-corrected chi connectivity index (χ0v) is 11.6. The van der Waals surface area contributed by atoms with Gasteiger partial charge in [-0.15, -0.1) is 0 Å². The zero-order valence-electron chi connectivity index (χ0n) is 10.8. The number of carbonyl (C=O) groups is 1. The molecular weight excluding hydrogens is 234 g/mol. The molecule has 0 aromatic carbocycles. The zero-order chi connectivity index (χ0) is 12.5. The van der Waals surface area contributed by atoms with Gasteiger partial charge in [0.1, 0.15) is 0 Å². The maximum Gasteiger partial charge on any atom is 0.224 e. The van der Waals surface area contributed by atoms with E-state index in [0.29, 0.717) is 6.54 Å². The van der Waals surface area contributed by atoms with Gasteiger partial charge < -0.3 is 11.1 Å². The summed E-state index contributed by atoms with van der Waals surface area (Å²) in [5.41, 5.74) is 5.60. The lowest BCUT2D eigenvalue weighted by Gasteiger charge is -2.26. The summed E-state index contributed by atoms with van der Waals surface area (Å²) in [5.74, 6) is 2.56. The van der Waals surface area contributed by atoms with Crippen LogP contribution in [-0.2, 0) is 4.79 Å². The Hall–Kier alpha value is -0.260. The van der Waals surface area contributed by atoms with Crippen LogP contribution in [0.1, 0.15) is 19.8 Å². The van der Waals surface area contributed by atoms with E-state index in [1.807, 2.05) is 11.8 Å². The Bertz CT molecular complexity index is 220. The van der Waals surface area contributed by atoms with Crippen molar-refractivity contribution < 1.29 is 4.79 Å². The molecule has 0 aliphatic carbocycles. The SMILES string of the molecule is CCCC(CN)C(=O)NCCN1CCSCC1. The van der Waals surface area contributed by atoms with Gasteiger partial charge in [0.05, 0.1) is 5.92 Å². The lowest BCUT2D eigenvalue weighted by atomic mass is 10.0. The van der Waals surface area contributed by atoms with E-state index in [1.165, 1.54) is 11.5 Å². The van der Waals surface area contributed by atoms with Gasteiger partial charge in [-0.2, -0.15) is 11.8 Å². The number of nitrogens with two attached hydrogens (primary N) is 1. The van der Waals surface area contributed by atoms with E-state index in [1.54, 1.807) is 0 Å². The normalized spacial score (nSPS) is 18.9. The molecule has 5 heteroatoms. The van der Waals surface area contributed by atoms with Crippen molar-refractivity contribution in [1.82, 2.24) is 10.2 Å². The minimum Gasteiger partial charge on any atom is -0.355 e. The van der Waals surface area contributed by atoms with Gasteiger partial charge in [-0.25, -0.2) is 0 Å². The highest BCUT2D eigenvalue weighted by molar-refractivity contribution is 7.99. The number of nitrogens with zero attached hydrogens (tertiary/aromatic N) is 1. The molecule has 0 aromatic rings. The summed E-state index contributed by atoms with van der Waals surface area (Å²) >= 11 is 2.01. The monoisotopic (exact) mass is 259 g/mol. The van der Waals surface area contributed by atoms with Crippen LogP contribution in [0.15, 0.2) is 0 Å². The van der Waals surface area contributed by atoms with Crippen LogP contribution in [0, 0.1) is 5.92 Å². The summed E-state index contributed by atoms with van der Waals surface area (Å²) in [7, 11) is 0. The molecule has 1 saturated heterocycles. The molecule has 4 nitrogen and oxygen atoms in total. The molecular formula is C12H25N3OS. The van der Waals surface area contributed by atoms with Crippen LogP contribution >= 0.6 is 11.8 Å². The number of thioether (sulfide) groups is 1. The van der Waals surface area contributed by atoms with E-state index in [-0.39, 0.29) is 11.8 Å². The quantitative estimate of drug-likeness (QED) is 0.700. The van der Waals surface area contributed by atoms with Gasteiger partial charge in [-0.05, 0) is 6.42 Å². The molecule has 1 aliphatic rings. The second kappa shape index (κ2) is 8.78. The van der Waals surface area contributed by atoms with Crippen LogP contribution in [0.4, 0.5) is 0 Å². The highest BCUT2D eigenvalue weighted by Crippen LogP contribution is 2.08. The molecule has 1 amide bonds. The van der Waals surface area contributed by atoms with E-state index in [2.05, 4.69) is 17.1 Å². The van der Waals surface area contributed by atoms with Crippen molar-refractivity contribution in [2.45, 2.75) is 19.8 Å². The summed E-state index contributed by atoms with van der Waals surface area (Å²) in [6.07, 6.45) is 1.90. The van der Waals surface area contributed by atoms with Crippen molar-refractivity contribution >= 4 is 17.7 Å². The molecule has 3 N–H and O–H groups in total. The van der Waals surface area contributed by atoms with Gasteiger partial charge >= 0.3 is 0 Å². The highest BCUT2D eigenvalue weighted by atomic mass is 32.2. The van der Waals surface area contributed by atoms with Crippen molar-refractivity contribution in [3.05, 3.63) is 0 Å². The summed E-state index contributed by atoms with van der Waals surface area (Å²) in [6.45, 7) is 6.56. The molecule has 0 bridgehead atoms. The Morgan fingerprint density at radius 3 is 2.76 bits per heavy atom. The lowest BCUT2D eigenvalue weighted by Crippen LogP contribution is -2.42.